The minimum Gasteiger partial charge on any atom is -0.491 e. The van der Waals surface area contributed by atoms with Crippen LogP contribution in [0.2, 0.25) is 0 Å². The minimum absolute atomic E-state index is 0.0758. The molecule has 3 amide bonds. The molecule has 10 heteroatoms. The summed E-state index contributed by atoms with van der Waals surface area (Å²) in [6.45, 7) is 2.50. The Morgan fingerprint density at radius 3 is 2.89 bits per heavy atom. The van der Waals surface area contributed by atoms with E-state index in [4.69, 9.17) is 4.74 Å². The zero-order valence-corrected chi connectivity index (χ0v) is 20.0. The Kier molecular flexibility index (Phi) is 6.58. The summed E-state index contributed by atoms with van der Waals surface area (Å²) in [7, 11) is 0. The van der Waals surface area contributed by atoms with Gasteiger partial charge in [0.1, 0.15) is 23.8 Å². The van der Waals surface area contributed by atoms with Crippen LogP contribution in [-0.2, 0) is 16.0 Å². The average molecular weight is 494 g/mol. The van der Waals surface area contributed by atoms with Gasteiger partial charge >= 0.3 is 0 Å². The smallest absolute Gasteiger partial charge is 0.255 e. The van der Waals surface area contributed by atoms with Gasteiger partial charge < -0.3 is 24.7 Å². The zero-order chi connectivity index (χ0) is 25.2. The summed E-state index contributed by atoms with van der Waals surface area (Å²) in [6, 6.07) is 7.05. The second-order valence-corrected chi connectivity index (χ2v) is 9.25. The number of hydrogen-bond donors (Lipinski definition) is 2. The molecule has 36 heavy (non-hydrogen) atoms. The van der Waals surface area contributed by atoms with E-state index in [1.165, 1.54) is 12.1 Å². The third kappa shape index (κ3) is 4.75. The van der Waals surface area contributed by atoms with E-state index in [-0.39, 0.29) is 67.7 Å². The highest BCUT2D eigenvalue weighted by Crippen LogP contribution is 2.28. The number of imidazole rings is 1. The Labute approximate surface area is 207 Å². The van der Waals surface area contributed by atoms with E-state index in [0.29, 0.717) is 12.8 Å². The quantitative estimate of drug-likeness (QED) is 0.568. The van der Waals surface area contributed by atoms with Gasteiger partial charge in [-0.15, -0.1) is 0 Å². The summed E-state index contributed by atoms with van der Waals surface area (Å²) >= 11 is 0. The predicted molar refractivity (Wildman–Crippen MR) is 129 cm³/mol. The van der Waals surface area contributed by atoms with E-state index in [9.17, 15) is 18.8 Å². The maximum atomic E-state index is 13.9. The van der Waals surface area contributed by atoms with E-state index < -0.39 is 11.7 Å². The monoisotopic (exact) mass is 493 g/mol. The van der Waals surface area contributed by atoms with Crippen LogP contribution < -0.4 is 15.4 Å². The van der Waals surface area contributed by atoms with Gasteiger partial charge in [-0.1, -0.05) is 6.07 Å². The molecule has 0 saturated carbocycles. The number of carbonyl (C=O) groups is 3. The van der Waals surface area contributed by atoms with Gasteiger partial charge in [-0.3, -0.25) is 14.4 Å². The average Bonchev–Trinajstić information content (AvgIpc) is 3.45. The lowest BCUT2D eigenvalue weighted by molar-refractivity contribution is -0.134. The summed E-state index contributed by atoms with van der Waals surface area (Å²) in [5.74, 6) is -1.09. The topological polar surface area (TPSA) is 105 Å². The first-order chi connectivity index (χ1) is 17.4. The van der Waals surface area contributed by atoms with E-state index in [2.05, 4.69) is 15.6 Å². The number of hydrogen-bond acceptors (Lipinski definition) is 5. The highest BCUT2D eigenvalue weighted by molar-refractivity contribution is 5.97. The van der Waals surface area contributed by atoms with Crippen molar-refractivity contribution < 1.29 is 23.5 Å². The molecule has 2 aromatic heterocycles. The molecule has 1 aromatic carbocycles. The molecule has 2 N–H and O–H groups in total. The molecule has 0 radical (unpaired) electrons. The number of amides is 3. The Bertz CT molecular complexity index is 1320. The van der Waals surface area contributed by atoms with Crippen LogP contribution in [0.3, 0.4) is 0 Å². The van der Waals surface area contributed by atoms with Crippen LogP contribution in [-0.4, -0.2) is 63.8 Å². The molecule has 2 atom stereocenters. The predicted octanol–water partition coefficient (Wildman–Crippen LogP) is 2.01. The van der Waals surface area contributed by atoms with Gasteiger partial charge in [-0.05, 0) is 49.6 Å². The summed E-state index contributed by atoms with van der Waals surface area (Å²) < 4.78 is 21.4. The molecular formula is C26H28FN5O4. The van der Waals surface area contributed by atoms with Gasteiger partial charge in [0, 0.05) is 37.4 Å². The van der Waals surface area contributed by atoms with Crippen molar-refractivity contribution in [2.45, 2.75) is 44.7 Å². The Morgan fingerprint density at radius 2 is 2.03 bits per heavy atom. The van der Waals surface area contributed by atoms with E-state index in [1.54, 1.807) is 11.1 Å². The number of aryl methyl sites for hydroxylation is 1. The maximum absolute atomic E-state index is 13.9. The number of pyridine rings is 1. The van der Waals surface area contributed by atoms with Crippen molar-refractivity contribution in [1.82, 2.24) is 24.9 Å². The van der Waals surface area contributed by atoms with Gasteiger partial charge in [0.05, 0.1) is 24.2 Å². The van der Waals surface area contributed by atoms with Crippen LogP contribution in [0.15, 0.2) is 42.7 Å². The molecule has 2 aliphatic rings. The van der Waals surface area contributed by atoms with E-state index in [1.807, 2.05) is 29.7 Å². The molecule has 2 aliphatic heterocycles. The molecule has 0 unspecified atom stereocenters. The normalized spacial score (nSPS) is 20.8. The van der Waals surface area contributed by atoms with Crippen molar-refractivity contribution in [3.63, 3.8) is 0 Å². The molecule has 4 heterocycles. The number of aromatic nitrogens is 2. The van der Waals surface area contributed by atoms with E-state index >= 15 is 0 Å². The lowest BCUT2D eigenvalue weighted by Crippen LogP contribution is -2.48. The fourth-order valence-corrected chi connectivity index (χ4v) is 5.10. The molecular weight excluding hydrogens is 465 g/mol. The van der Waals surface area contributed by atoms with Gasteiger partial charge in [0.15, 0.2) is 0 Å². The summed E-state index contributed by atoms with van der Waals surface area (Å²) in [4.78, 5) is 45.4. The first-order valence-electron chi connectivity index (χ1n) is 12.1. The second-order valence-electron chi connectivity index (χ2n) is 9.25. The first kappa shape index (κ1) is 23.8. The number of fused-ring (bicyclic) bond motifs is 4. The number of ether oxygens (including phenoxy) is 1. The molecule has 0 aliphatic carbocycles. The molecule has 3 aromatic rings. The second kappa shape index (κ2) is 9.96. The van der Waals surface area contributed by atoms with Crippen LogP contribution in [0.5, 0.6) is 5.75 Å². The van der Waals surface area contributed by atoms with Crippen LogP contribution in [0, 0.1) is 12.7 Å². The van der Waals surface area contributed by atoms with Gasteiger partial charge in [-0.25, -0.2) is 9.37 Å². The molecule has 1 fully saturated rings. The number of rotatable bonds is 2. The number of nitrogens with zero attached hydrogens (tertiary/aromatic N) is 3. The van der Waals surface area contributed by atoms with Gasteiger partial charge in [0.2, 0.25) is 11.8 Å². The standard InChI is InChI=1S/C26H28FN5O4/c1-16-3-2-9-31-20(15-29-25(16)31)13-24(34)32-18-5-6-19(32)14-30-26(35)21-11-17(27)4-7-22(21)36-10-8-28-23(33)12-18/h2-4,7,9,11,15,18-19H,5-6,8,10,12-14H2,1H3,(H,28,33)(H,30,35)/t18-,19+/m0/s1. The van der Waals surface area contributed by atoms with Crippen LogP contribution in [0.1, 0.15) is 40.9 Å². The Hall–Kier alpha value is -3.95. The SMILES string of the molecule is Cc1cccn2c(CC(=O)N3[C@@H]4CC[C@H]3CC(=O)NCCOc3ccc(F)cc3C(=O)NC4)cnc12. The number of benzene rings is 1. The fraction of sp³-hybridized carbons (Fsp3) is 0.385. The third-order valence-corrected chi connectivity index (χ3v) is 6.84. The maximum Gasteiger partial charge on any atom is 0.255 e. The largest absolute Gasteiger partial charge is 0.491 e. The third-order valence-electron chi connectivity index (χ3n) is 6.84. The van der Waals surface area contributed by atoms with E-state index in [0.717, 1.165) is 23.0 Å². The van der Waals surface area contributed by atoms with Crippen LogP contribution in [0.25, 0.3) is 5.65 Å². The molecule has 188 valence electrons. The number of nitrogens with one attached hydrogen (secondary N) is 2. The highest BCUT2D eigenvalue weighted by Gasteiger charge is 2.38. The first-order valence-corrected chi connectivity index (χ1v) is 12.1. The molecule has 2 bridgehead atoms. The Balaban J connectivity index is 1.40. The molecule has 0 spiro atoms. The lowest BCUT2D eigenvalue weighted by Gasteiger charge is -2.31. The van der Waals surface area contributed by atoms with Gasteiger partial charge in [0.25, 0.3) is 5.91 Å². The molecule has 9 nitrogen and oxygen atoms in total. The Morgan fingerprint density at radius 1 is 1.19 bits per heavy atom. The summed E-state index contributed by atoms with van der Waals surface area (Å²) in [5, 5.41) is 5.66. The fourth-order valence-electron chi connectivity index (χ4n) is 5.10. The van der Waals surface area contributed by atoms with Crippen molar-refractivity contribution in [2.75, 3.05) is 19.7 Å². The lowest BCUT2D eigenvalue weighted by atomic mass is 10.1. The number of carbonyl (C=O) groups excluding carboxylic acids is 3. The summed E-state index contributed by atoms with van der Waals surface area (Å²) in [6.07, 6.45) is 5.16. The zero-order valence-electron chi connectivity index (χ0n) is 20.0. The van der Waals surface area contributed by atoms with Crippen molar-refractivity contribution in [3.8, 4) is 5.75 Å². The van der Waals surface area contributed by atoms with Crippen molar-refractivity contribution >= 4 is 23.4 Å². The van der Waals surface area contributed by atoms with Gasteiger partial charge in [-0.2, -0.15) is 0 Å². The van der Waals surface area contributed by atoms with Crippen LogP contribution in [0.4, 0.5) is 4.39 Å². The highest BCUT2D eigenvalue weighted by atomic mass is 19.1. The van der Waals surface area contributed by atoms with Crippen LogP contribution >= 0.6 is 0 Å². The minimum atomic E-state index is -0.553. The molecule has 5 rings (SSSR count). The van der Waals surface area contributed by atoms with Crippen molar-refractivity contribution in [2.24, 2.45) is 0 Å². The molecule has 1 saturated heterocycles. The van der Waals surface area contributed by atoms with Crippen molar-refractivity contribution in [1.29, 1.82) is 0 Å². The van der Waals surface area contributed by atoms with Crippen molar-refractivity contribution in [3.05, 3.63) is 65.4 Å². The number of halogens is 1. The summed E-state index contributed by atoms with van der Waals surface area (Å²) in [5.41, 5.74) is 2.64.